The van der Waals surface area contributed by atoms with E-state index in [-0.39, 0.29) is 5.54 Å². The van der Waals surface area contributed by atoms with Crippen LogP contribution in [0, 0.1) is 6.92 Å². The molecule has 0 radical (unpaired) electrons. The highest BCUT2D eigenvalue weighted by Gasteiger charge is 2.14. The van der Waals surface area contributed by atoms with Gasteiger partial charge < -0.3 is 5.32 Å². The van der Waals surface area contributed by atoms with Crippen LogP contribution in [0.15, 0.2) is 0 Å². The van der Waals surface area contributed by atoms with Crippen molar-refractivity contribution >= 4 is 17.4 Å². The molecule has 0 atom stereocenters. The number of H-pyrrole nitrogens is 1. The fourth-order valence-corrected chi connectivity index (χ4v) is 0.985. The summed E-state index contributed by atoms with van der Waals surface area (Å²) in [5, 5.41) is 10.7. The van der Waals surface area contributed by atoms with Crippen molar-refractivity contribution in [1.29, 1.82) is 0 Å². The summed E-state index contributed by atoms with van der Waals surface area (Å²) >= 11 is 5.96. The monoisotopic (exact) mass is 187 g/mol. The van der Waals surface area contributed by atoms with Crippen molar-refractivity contribution in [3.63, 3.8) is 0 Å². The van der Waals surface area contributed by atoms with Crippen LogP contribution >= 0.6 is 11.6 Å². The normalized spacial score (nSPS) is 11.8. The smallest absolute Gasteiger partial charge is 0.167 e. The maximum atomic E-state index is 5.96. The van der Waals surface area contributed by atoms with E-state index in [9.17, 15) is 0 Å². The first-order valence-corrected chi connectivity index (χ1v) is 4.26. The Morgan fingerprint density at radius 1 is 1.42 bits per heavy atom. The van der Waals surface area contributed by atoms with Crippen LogP contribution in [0.25, 0.3) is 0 Å². The topological polar surface area (TPSA) is 40.7 Å². The number of hydrogen-bond acceptors (Lipinski definition) is 2. The van der Waals surface area contributed by atoms with Crippen LogP contribution in [-0.2, 0) is 0 Å². The first kappa shape index (κ1) is 9.39. The van der Waals surface area contributed by atoms with Crippen LogP contribution < -0.4 is 5.32 Å². The van der Waals surface area contributed by atoms with Crippen molar-refractivity contribution in [2.45, 2.75) is 33.2 Å². The van der Waals surface area contributed by atoms with E-state index in [0.29, 0.717) is 5.02 Å². The summed E-state index contributed by atoms with van der Waals surface area (Å²) < 4.78 is 0. The number of rotatable bonds is 1. The van der Waals surface area contributed by atoms with Crippen LogP contribution in [-0.4, -0.2) is 15.7 Å². The molecule has 4 heteroatoms. The SMILES string of the molecule is Cc1[nH]nc(NC(C)(C)C)c1Cl. The van der Waals surface area contributed by atoms with E-state index in [2.05, 4.69) is 36.3 Å². The van der Waals surface area contributed by atoms with Crippen molar-refractivity contribution in [2.75, 3.05) is 5.32 Å². The van der Waals surface area contributed by atoms with Gasteiger partial charge in [0.05, 0.1) is 5.69 Å². The minimum absolute atomic E-state index is 0.00866. The van der Waals surface area contributed by atoms with E-state index in [1.165, 1.54) is 0 Å². The molecule has 0 fully saturated rings. The van der Waals surface area contributed by atoms with E-state index in [1.807, 2.05) is 6.92 Å². The van der Waals surface area contributed by atoms with Crippen molar-refractivity contribution in [3.05, 3.63) is 10.7 Å². The lowest BCUT2D eigenvalue weighted by molar-refractivity contribution is 0.630. The average molecular weight is 188 g/mol. The zero-order chi connectivity index (χ0) is 9.35. The molecule has 0 aliphatic heterocycles. The van der Waals surface area contributed by atoms with Crippen molar-refractivity contribution in [2.24, 2.45) is 0 Å². The number of halogens is 1. The number of nitrogens with one attached hydrogen (secondary N) is 2. The molecule has 0 unspecified atom stereocenters. The molecule has 0 aromatic carbocycles. The second kappa shape index (κ2) is 2.98. The molecule has 1 heterocycles. The molecular weight excluding hydrogens is 174 g/mol. The minimum atomic E-state index is -0.00866. The third-order valence-electron chi connectivity index (χ3n) is 1.37. The largest absolute Gasteiger partial charge is 0.363 e. The van der Waals surface area contributed by atoms with Crippen molar-refractivity contribution in [1.82, 2.24) is 10.2 Å². The maximum absolute atomic E-state index is 5.96. The van der Waals surface area contributed by atoms with Gasteiger partial charge in [0.1, 0.15) is 5.02 Å². The van der Waals surface area contributed by atoms with Crippen LogP contribution in [0.3, 0.4) is 0 Å². The molecule has 0 spiro atoms. The number of aromatic nitrogens is 2. The van der Waals surface area contributed by atoms with Gasteiger partial charge in [0.2, 0.25) is 0 Å². The number of anilines is 1. The van der Waals surface area contributed by atoms with Gasteiger partial charge in [-0.3, -0.25) is 5.10 Å². The molecule has 2 N–H and O–H groups in total. The fourth-order valence-electron chi connectivity index (χ4n) is 0.854. The van der Waals surface area contributed by atoms with Crippen LogP contribution in [0.5, 0.6) is 0 Å². The Balaban J connectivity index is 2.83. The van der Waals surface area contributed by atoms with Gasteiger partial charge in [-0.2, -0.15) is 5.10 Å². The first-order valence-electron chi connectivity index (χ1n) is 3.89. The first-order chi connectivity index (χ1) is 5.40. The molecule has 0 aliphatic rings. The zero-order valence-corrected chi connectivity index (χ0v) is 8.58. The summed E-state index contributed by atoms with van der Waals surface area (Å²) in [5.74, 6) is 0.724. The molecule has 0 saturated carbocycles. The van der Waals surface area contributed by atoms with Gasteiger partial charge in [-0.25, -0.2) is 0 Å². The van der Waals surface area contributed by atoms with Gasteiger partial charge >= 0.3 is 0 Å². The standard InChI is InChI=1S/C8H14ClN3/c1-5-6(9)7(12-11-5)10-8(2,3)4/h1-4H3,(H2,10,11,12). The van der Waals surface area contributed by atoms with Crippen LogP contribution in [0.4, 0.5) is 5.82 Å². The summed E-state index contributed by atoms with van der Waals surface area (Å²) in [6.45, 7) is 8.08. The molecule has 0 amide bonds. The lowest BCUT2D eigenvalue weighted by Gasteiger charge is -2.20. The van der Waals surface area contributed by atoms with Crippen LogP contribution in [0.2, 0.25) is 5.02 Å². The quantitative estimate of drug-likeness (QED) is 0.710. The third kappa shape index (κ3) is 2.14. The minimum Gasteiger partial charge on any atom is -0.363 e. The summed E-state index contributed by atoms with van der Waals surface area (Å²) in [5.41, 5.74) is 0.883. The van der Waals surface area contributed by atoms with Gasteiger partial charge in [-0.05, 0) is 27.7 Å². The molecule has 0 bridgehead atoms. The van der Waals surface area contributed by atoms with Gasteiger partial charge in [0, 0.05) is 5.54 Å². The van der Waals surface area contributed by atoms with Gasteiger partial charge in [0.15, 0.2) is 5.82 Å². The number of hydrogen-bond donors (Lipinski definition) is 2. The van der Waals surface area contributed by atoms with E-state index in [0.717, 1.165) is 11.5 Å². The summed E-state index contributed by atoms with van der Waals surface area (Å²) in [6, 6.07) is 0. The van der Waals surface area contributed by atoms with E-state index < -0.39 is 0 Å². The van der Waals surface area contributed by atoms with Gasteiger partial charge in [-0.1, -0.05) is 11.6 Å². The molecular formula is C8H14ClN3. The average Bonchev–Trinajstić information content (AvgIpc) is 2.16. The lowest BCUT2D eigenvalue weighted by Crippen LogP contribution is -2.26. The van der Waals surface area contributed by atoms with Gasteiger partial charge in [-0.15, -0.1) is 0 Å². The predicted molar refractivity (Wildman–Crippen MR) is 51.7 cm³/mol. The molecule has 0 saturated heterocycles. The Bertz CT molecular complexity index is 272. The number of aryl methyl sites for hydroxylation is 1. The molecule has 1 aromatic rings. The zero-order valence-electron chi connectivity index (χ0n) is 7.83. The molecule has 1 rings (SSSR count). The van der Waals surface area contributed by atoms with E-state index in [4.69, 9.17) is 11.6 Å². The Hall–Kier alpha value is -0.700. The predicted octanol–water partition coefficient (Wildman–Crippen LogP) is 2.58. The second-order valence-corrected chi connectivity index (χ2v) is 4.26. The van der Waals surface area contributed by atoms with Crippen LogP contribution in [0.1, 0.15) is 26.5 Å². The number of aromatic amines is 1. The highest BCUT2D eigenvalue weighted by atomic mass is 35.5. The Morgan fingerprint density at radius 3 is 2.33 bits per heavy atom. The summed E-state index contributed by atoms with van der Waals surface area (Å²) in [4.78, 5) is 0. The highest BCUT2D eigenvalue weighted by Crippen LogP contribution is 2.24. The Morgan fingerprint density at radius 2 is 2.00 bits per heavy atom. The molecule has 0 aliphatic carbocycles. The molecule has 68 valence electrons. The second-order valence-electron chi connectivity index (χ2n) is 3.89. The van der Waals surface area contributed by atoms with Crippen molar-refractivity contribution in [3.8, 4) is 0 Å². The highest BCUT2D eigenvalue weighted by molar-refractivity contribution is 6.33. The third-order valence-corrected chi connectivity index (χ3v) is 1.83. The molecule has 12 heavy (non-hydrogen) atoms. The Labute approximate surface area is 77.5 Å². The fraction of sp³-hybridized carbons (Fsp3) is 0.625. The van der Waals surface area contributed by atoms with Crippen molar-refractivity contribution < 1.29 is 0 Å². The Kier molecular flexibility index (Phi) is 2.33. The van der Waals surface area contributed by atoms with Gasteiger partial charge in [0.25, 0.3) is 0 Å². The summed E-state index contributed by atoms with van der Waals surface area (Å²) in [7, 11) is 0. The summed E-state index contributed by atoms with van der Waals surface area (Å²) in [6.07, 6.45) is 0. The van der Waals surface area contributed by atoms with E-state index in [1.54, 1.807) is 0 Å². The lowest BCUT2D eigenvalue weighted by atomic mass is 10.1. The van der Waals surface area contributed by atoms with E-state index >= 15 is 0 Å². The maximum Gasteiger partial charge on any atom is 0.167 e. The molecule has 3 nitrogen and oxygen atoms in total. The number of nitrogens with zero attached hydrogens (tertiary/aromatic N) is 1. The molecule has 1 aromatic heterocycles.